The van der Waals surface area contributed by atoms with Crippen LogP contribution in [0.15, 0.2) is 29.2 Å². The molecule has 1 aromatic carbocycles. The lowest BCUT2D eigenvalue weighted by atomic mass is 9.85. The Morgan fingerprint density at radius 1 is 1.20 bits per heavy atom. The first-order chi connectivity index (χ1) is 11.7. The van der Waals surface area contributed by atoms with Crippen LogP contribution in [0.1, 0.15) is 31.9 Å². The molecule has 0 amide bonds. The zero-order chi connectivity index (χ0) is 18.4. The molecule has 5 nitrogen and oxygen atoms in total. The Bertz CT molecular complexity index is 1020. The van der Waals surface area contributed by atoms with Crippen LogP contribution < -0.4 is 10.3 Å². The summed E-state index contributed by atoms with van der Waals surface area (Å²) in [6.07, 6.45) is 1.52. The molecule has 0 fully saturated rings. The number of aromatic nitrogens is 3. The highest BCUT2D eigenvalue weighted by Crippen LogP contribution is 2.36. The van der Waals surface area contributed by atoms with Crippen LogP contribution in [0.4, 0.5) is 0 Å². The number of halogens is 1. The monoisotopic (exact) mass is 357 g/mol. The summed E-state index contributed by atoms with van der Waals surface area (Å²) >= 11 is 6.53. The van der Waals surface area contributed by atoms with Gasteiger partial charge in [0.1, 0.15) is 16.7 Å². The molecule has 0 saturated carbocycles. The van der Waals surface area contributed by atoms with Gasteiger partial charge in [-0.05, 0) is 29.5 Å². The topological polar surface area (TPSA) is 67.9 Å². The van der Waals surface area contributed by atoms with Gasteiger partial charge in [-0.3, -0.25) is 4.79 Å². The highest BCUT2D eigenvalue weighted by atomic mass is 35.5. The smallest absolute Gasteiger partial charge is 0.277 e. The van der Waals surface area contributed by atoms with Crippen molar-refractivity contribution in [2.75, 3.05) is 7.11 Å². The molecule has 3 aromatic rings. The average molecular weight is 358 g/mol. The number of nitrogens with zero attached hydrogens (tertiary/aromatic N) is 2. The fourth-order valence-electron chi connectivity index (χ4n) is 2.90. The van der Waals surface area contributed by atoms with Gasteiger partial charge >= 0.3 is 0 Å². The van der Waals surface area contributed by atoms with Crippen molar-refractivity contribution >= 4 is 22.5 Å². The van der Waals surface area contributed by atoms with Crippen LogP contribution >= 0.6 is 11.6 Å². The van der Waals surface area contributed by atoms with Crippen molar-refractivity contribution in [2.24, 2.45) is 0 Å². The lowest BCUT2D eigenvalue weighted by molar-refractivity contribution is 0.419. The van der Waals surface area contributed by atoms with Gasteiger partial charge < -0.3 is 4.74 Å². The van der Waals surface area contributed by atoms with Gasteiger partial charge in [0.25, 0.3) is 5.56 Å². The molecule has 25 heavy (non-hydrogen) atoms. The molecule has 6 heteroatoms. The Balaban J connectivity index is 2.27. The normalized spacial score (nSPS) is 11.8. The summed E-state index contributed by atoms with van der Waals surface area (Å²) in [4.78, 5) is 16.6. The maximum absolute atomic E-state index is 12.0. The predicted octanol–water partition coefficient (Wildman–Crippen LogP) is 4.25. The highest BCUT2D eigenvalue weighted by molar-refractivity contribution is 6.31. The Morgan fingerprint density at radius 3 is 2.56 bits per heavy atom. The average Bonchev–Trinajstić information content (AvgIpc) is 2.54. The molecular weight excluding hydrogens is 338 g/mol. The fourth-order valence-corrected chi connectivity index (χ4v) is 3.35. The van der Waals surface area contributed by atoms with Gasteiger partial charge in [0.15, 0.2) is 0 Å². The number of nitrogens with one attached hydrogen (secondary N) is 1. The van der Waals surface area contributed by atoms with Crippen molar-refractivity contribution in [1.82, 2.24) is 15.2 Å². The van der Waals surface area contributed by atoms with E-state index in [-0.39, 0.29) is 11.0 Å². The molecule has 0 aliphatic rings. The number of hydrogen-bond acceptors (Lipinski definition) is 4. The second-order valence-electron chi connectivity index (χ2n) is 7.07. The van der Waals surface area contributed by atoms with E-state index in [9.17, 15) is 4.79 Å². The quantitative estimate of drug-likeness (QED) is 0.744. The number of ether oxygens (including phenoxy) is 1. The van der Waals surface area contributed by atoms with Gasteiger partial charge in [0.05, 0.1) is 19.0 Å². The van der Waals surface area contributed by atoms with E-state index in [1.165, 1.54) is 13.3 Å². The van der Waals surface area contributed by atoms with E-state index in [4.69, 9.17) is 16.3 Å². The first kappa shape index (κ1) is 17.4. The molecule has 0 saturated heterocycles. The van der Waals surface area contributed by atoms with Gasteiger partial charge in [0.2, 0.25) is 0 Å². The molecule has 0 radical (unpaired) electrons. The van der Waals surface area contributed by atoms with Crippen molar-refractivity contribution in [3.05, 3.63) is 50.9 Å². The number of benzene rings is 1. The van der Waals surface area contributed by atoms with Crippen LogP contribution in [-0.4, -0.2) is 22.3 Å². The summed E-state index contributed by atoms with van der Waals surface area (Å²) in [7, 11) is 1.53. The lowest BCUT2D eigenvalue weighted by Gasteiger charge is -2.22. The highest BCUT2D eigenvalue weighted by Gasteiger charge is 2.20. The first-order valence-electron chi connectivity index (χ1n) is 7.96. The van der Waals surface area contributed by atoms with Gasteiger partial charge in [0, 0.05) is 16.7 Å². The number of fused-ring (bicyclic) bond motifs is 1. The number of aromatic amines is 1. The predicted molar refractivity (Wildman–Crippen MR) is 101 cm³/mol. The van der Waals surface area contributed by atoms with E-state index < -0.39 is 0 Å². The lowest BCUT2D eigenvalue weighted by Crippen LogP contribution is -2.12. The number of methoxy groups -OCH3 is 1. The van der Waals surface area contributed by atoms with Crippen LogP contribution in [0.25, 0.3) is 22.2 Å². The van der Waals surface area contributed by atoms with Crippen molar-refractivity contribution in [3.8, 4) is 17.0 Å². The van der Waals surface area contributed by atoms with E-state index >= 15 is 0 Å². The minimum Gasteiger partial charge on any atom is -0.496 e. The molecule has 0 spiro atoms. The van der Waals surface area contributed by atoms with E-state index in [1.54, 1.807) is 6.07 Å². The Kier molecular flexibility index (Phi) is 4.29. The van der Waals surface area contributed by atoms with Crippen molar-refractivity contribution < 1.29 is 4.74 Å². The molecule has 0 unspecified atom stereocenters. The molecular formula is C19H20ClN3O2. The first-order valence-corrected chi connectivity index (χ1v) is 8.33. The number of aryl methyl sites for hydroxylation is 1. The number of H-pyrrole nitrogens is 1. The van der Waals surface area contributed by atoms with Crippen LogP contribution in [0.3, 0.4) is 0 Å². The zero-order valence-electron chi connectivity index (χ0n) is 14.9. The third kappa shape index (κ3) is 3.12. The van der Waals surface area contributed by atoms with Gasteiger partial charge in [-0.25, -0.2) is 10.1 Å². The van der Waals surface area contributed by atoms with E-state index in [2.05, 4.69) is 42.0 Å². The van der Waals surface area contributed by atoms with Crippen molar-refractivity contribution in [3.63, 3.8) is 0 Å². The molecule has 0 aliphatic heterocycles. The number of hydrogen-bond donors (Lipinski definition) is 1. The largest absolute Gasteiger partial charge is 0.496 e. The van der Waals surface area contributed by atoms with Crippen LogP contribution in [0.5, 0.6) is 5.75 Å². The number of rotatable bonds is 2. The molecule has 0 aliphatic carbocycles. The molecule has 1 N–H and O–H groups in total. The summed E-state index contributed by atoms with van der Waals surface area (Å²) in [6.45, 7) is 8.41. The second-order valence-corrected chi connectivity index (χ2v) is 7.47. The Morgan fingerprint density at radius 2 is 1.92 bits per heavy atom. The minimum absolute atomic E-state index is 0.0495. The molecule has 2 aromatic heterocycles. The fraction of sp³-hybridized carbons (Fsp3) is 0.316. The van der Waals surface area contributed by atoms with Gasteiger partial charge in [-0.2, -0.15) is 5.10 Å². The van der Waals surface area contributed by atoms with Crippen molar-refractivity contribution in [1.29, 1.82) is 0 Å². The zero-order valence-corrected chi connectivity index (χ0v) is 15.7. The SMILES string of the molecule is COc1cc(-c2cc(Cl)c(C(C)(C)C)cc2C)nc2cn[nH]c(=O)c12. The van der Waals surface area contributed by atoms with Crippen LogP contribution in [0, 0.1) is 6.92 Å². The van der Waals surface area contributed by atoms with Crippen LogP contribution in [-0.2, 0) is 5.41 Å². The van der Waals surface area contributed by atoms with Gasteiger partial charge in [-0.1, -0.05) is 38.4 Å². The molecule has 0 bridgehead atoms. The summed E-state index contributed by atoms with van der Waals surface area (Å²) in [6, 6.07) is 5.77. The maximum atomic E-state index is 12.0. The summed E-state index contributed by atoms with van der Waals surface area (Å²) in [5.74, 6) is 0.457. The van der Waals surface area contributed by atoms with Gasteiger partial charge in [-0.15, -0.1) is 0 Å². The maximum Gasteiger partial charge on any atom is 0.277 e. The minimum atomic E-state index is -0.328. The standard InChI is InChI=1S/C19H20ClN3O2/c1-10-6-12(19(2,3)4)13(20)7-11(10)14-8-16(25-5)17-15(22-14)9-21-23-18(17)24/h6-9H,1-5H3,(H,23,24). The Labute approximate surface area is 151 Å². The van der Waals surface area contributed by atoms with E-state index in [1.807, 2.05) is 13.0 Å². The number of pyridine rings is 1. The van der Waals surface area contributed by atoms with Crippen LogP contribution in [0.2, 0.25) is 5.02 Å². The van der Waals surface area contributed by atoms with E-state index in [0.29, 0.717) is 27.4 Å². The summed E-state index contributed by atoms with van der Waals surface area (Å²) < 4.78 is 5.40. The molecule has 0 atom stereocenters. The summed E-state index contributed by atoms with van der Waals surface area (Å²) in [5.41, 5.74) is 3.84. The van der Waals surface area contributed by atoms with E-state index in [0.717, 1.165) is 16.7 Å². The van der Waals surface area contributed by atoms with Crippen molar-refractivity contribution in [2.45, 2.75) is 33.1 Å². The molecule has 3 rings (SSSR count). The second kappa shape index (κ2) is 6.15. The molecule has 2 heterocycles. The molecule has 130 valence electrons. The third-order valence-corrected chi connectivity index (χ3v) is 4.52. The Hall–Kier alpha value is -2.40. The summed E-state index contributed by atoms with van der Waals surface area (Å²) in [5, 5.41) is 7.31. The third-order valence-electron chi connectivity index (χ3n) is 4.21.